The first-order valence-corrected chi connectivity index (χ1v) is 10.6. The van der Waals surface area contributed by atoms with E-state index in [0.717, 1.165) is 37.2 Å². The Kier molecular flexibility index (Phi) is 10.7. The van der Waals surface area contributed by atoms with Crippen molar-refractivity contribution in [3.05, 3.63) is 35.9 Å². The molecule has 0 unspecified atom stereocenters. The predicted molar refractivity (Wildman–Crippen MR) is 110 cm³/mol. The molecule has 2 rings (SSSR count). The second-order valence-electron chi connectivity index (χ2n) is 7.06. The summed E-state index contributed by atoms with van der Waals surface area (Å²) in [5, 5.41) is 0. The van der Waals surface area contributed by atoms with Gasteiger partial charge in [0.15, 0.2) is 11.5 Å². The fourth-order valence-electron chi connectivity index (χ4n) is 3.19. The maximum atomic E-state index is 11.3. The summed E-state index contributed by atoms with van der Waals surface area (Å²) in [7, 11) is 0. The van der Waals surface area contributed by atoms with E-state index in [9.17, 15) is 9.59 Å². The summed E-state index contributed by atoms with van der Waals surface area (Å²) in [5.74, 6) is 1.04. The van der Waals surface area contributed by atoms with Crippen molar-refractivity contribution in [2.24, 2.45) is 0 Å². The van der Waals surface area contributed by atoms with E-state index in [1.165, 1.54) is 50.2 Å². The molecule has 0 saturated heterocycles. The van der Waals surface area contributed by atoms with Crippen molar-refractivity contribution in [1.29, 1.82) is 0 Å². The molecule has 0 fully saturated rings. The monoisotopic (exact) mass is 404 g/mol. The van der Waals surface area contributed by atoms with Crippen LogP contribution in [0.2, 0.25) is 0 Å². The van der Waals surface area contributed by atoms with E-state index >= 15 is 0 Å². The highest BCUT2D eigenvalue weighted by Gasteiger charge is 2.12. The lowest BCUT2D eigenvalue weighted by Gasteiger charge is -2.04. The fourth-order valence-corrected chi connectivity index (χ4v) is 3.19. The topological polar surface area (TPSA) is 71.1 Å². The molecule has 1 aliphatic rings. The molecule has 1 heterocycles. The van der Waals surface area contributed by atoms with Crippen LogP contribution in [0, 0.1) is 0 Å². The minimum Gasteiger partial charge on any atom is -0.454 e. The van der Waals surface area contributed by atoms with Gasteiger partial charge in [-0.3, -0.25) is 0 Å². The molecule has 6 heteroatoms. The van der Waals surface area contributed by atoms with E-state index in [-0.39, 0.29) is 6.61 Å². The minimum absolute atomic E-state index is 0.190. The van der Waals surface area contributed by atoms with Gasteiger partial charge in [0, 0.05) is 6.08 Å². The molecule has 160 valence electrons. The van der Waals surface area contributed by atoms with Crippen molar-refractivity contribution in [1.82, 2.24) is 0 Å². The average molecular weight is 405 g/mol. The zero-order valence-corrected chi connectivity index (χ0v) is 17.3. The Balaban J connectivity index is 1.38. The smallest absolute Gasteiger partial charge is 0.454 e. The highest BCUT2D eigenvalue weighted by molar-refractivity contribution is 5.89. The summed E-state index contributed by atoms with van der Waals surface area (Å²) in [6, 6.07) is 6.21. The molecule has 1 aromatic carbocycles. The van der Waals surface area contributed by atoms with E-state index < -0.39 is 12.1 Å². The summed E-state index contributed by atoms with van der Waals surface area (Å²) >= 11 is 0. The number of esters is 1. The van der Waals surface area contributed by atoms with Crippen LogP contribution >= 0.6 is 0 Å². The Morgan fingerprint density at radius 3 is 2.41 bits per heavy atom. The van der Waals surface area contributed by atoms with Crippen LogP contribution in [0.15, 0.2) is 30.4 Å². The van der Waals surface area contributed by atoms with E-state index in [1.54, 1.807) is 13.0 Å². The number of carbonyl (C=O) groups excluding carboxylic acids is 2. The number of hydrogen-bond acceptors (Lipinski definition) is 6. The van der Waals surface area contributed by atoms with Gasteiger partial charge in [0.2, 0.25) is 6.79 Å². The number of aryl methyl sites for hydroxylation is 1. The Bertz CT molecular complexity index is 667. The van der Waals surface area contributed by atoms with Crippen LogP contribution in [0.5, 0.6) is 11.5 Å². The summed E-state index contributed by atoms with van der Waals surface area (Å²) in [5.41, 5.74) is 1.31. The van der Waals surface area contributed by atoms with E-state index in [0.29, 0.717) is 6.79 Å². The van der Waals surface area contributed by atoms with Crippen LogP contribution < -0.4 is 9.47 Å². The molecule has 0 saturated carbocycles. The van der Waals surface area contributed by atoms with Crippen LogP contribution in [-0.4, -0.2) is 25.5 Å². The predicted octanol–water partition coefficient (Wildman–Crippen LogP) is 5.72. The van der Waals surface area contributed by atoms with Gasteiger partial charge in [0.1, 0.15) is 0 Å². The SMILES string of the molecule is CCOC(=O)OC(=O)/C=C/CCCCCCCCCCc1ccc2c(c1)OCO2. The first-order valence-electron chi connectivity index (χ1n) is 10.6. The molecule has 6 nitrogen and oxygen atoms in total. The number of fused-ring (bicyclic) bond motifs is 1. The second kappa shape index (κ2) is 13.6. The highest BCUT2D eigenvalue weighted by atomic mass is 16.7. The molecule has 29 heavy (non-hydrogen) atoms. The van der Waals surface area contributed by atoms with Gasteiger partial charge < -0.3 is 18.9 Å². The number of hydrogen-bond donors (Lipinski definition) is 0. The highest BCUT2D eigenvalue weighted by Crippen LogP contribution is 2.32. The molecular formula is C23H32O6. The fraction of sp³-hybridized carbons (Fsp3) is 0.565. The third-order valence-electron chi connectivity index (χ3n) is 4.72. The lowest BCUT2D eigenvalue weighted by atomic mass is 10.0. The van der Waals surface area contributed by atoms with E-state index in [1.807, 2.05) is 6.07 Å². The van der Waals surface area contributed by atoms with Crippen LogP contribution in [0.1, 0.15) is 70.3 Å². The number of carbonyl (C=O) groups is 2. The van der Waals surface area contributed by atoms with Crippen molar-refractivity contribution in [3.63, 3.8) is 0 Å². The summed E-state index contributed by atoms with van der Waals surface area (Å²) in [6.45, 7) is 2.18. The number of benzene rings is 1. The molecule has 0 radical (unpaired) electrons. The summed E-state index contributed by atoms with van der Waals surface area (Å²) < 4.78 is 19.7. The van der Waals surface area contributed by atoms with Crippen molar-refractivity contribution in [2.75, 3.05) is 13.4 Å². The van der Waals surface area contributed by atoms with E-state index in [4.69, 9.17) is 9.47 Å². The first kappa shape index (κ1) is 22.8. The average Bonchev–Trinajstić information content (AvgIpc) is 3.16. The molecule has 0 N–H and O–H groups in total. The van der Waals surface area contributed by atoms with Gasteiger partial charge >= 0.3 is 12.1 Å². The summed E-state index contributed by atoms with van der Waals surface area (Å²) in [4.78, 5) is 22.3. The Morgan fingerprint density at radius 2 is 1.66 bits per heavy atom. The van der Waals surface area contributed by atoms with Crippen molar-refractivity contribution in [2.45, 2.75) is 71.1 Å². The third kappa shape index (κ3) is 9.50. The molecule has 0 aliphatic carbocycles. The molecule has 1 aliphatic heterocycles. The molecule has 0 atom stereocenters. The van der Waals surface area contributed by atoms with Gasteiger partial charge in [-0.15, -0.1) is 0 Å². The van der Waals surface area contributed by atoms with Crippen molar-refractivity contribution >= 4 is 12.1 Å². The standard InChI is InChI=1S/C23H32O6/c1-2-26-23(25)29-22(24)14-12-10-8-6-4-3-5-7-9-11-13-19-15-16-20-21(17-19)28-18-27-20/h12,14-17H,2-11,13,18H2,1H3/b14-12+. The number of ether oxygens (including phenoxy) is 4. The van der Waals surface area contributed by atoms with Gasteiger partial charge in [0.25, 0.3) is 0 Å². The number of allylic oxidation sites excluding steroid dienone is 1. The van der Waals surface area contributed by atoms with Crippen molar-refractivity contribution in [3.8, 4) is 11.5 Å². The maximum absolute atomic E-state index is 11.3. The maximum Gasteiger partial charge on any atom is 0.516 e. The minimum atomic E-state index is -0.946. The van der Waals surface area contributed by atoms with Gasteiger partial charge in [0.05, 0.1) is 6.61 Å². The van der Waals surface area contributed by atoms with Crippen LogP contribution in [0.25, 0.3) is 0 Å². The van der Waals surface area contributed by atoms with Gasteiger partial charge in [-0.2, -0.15) is 0 Å². The number of unbranched alkanes of at least 4 members (excludes halogenated alkanes) is 8. The van der Waals surface area contributed by atoms with Crippen molar-refractivity contribution < 1.29 is 28.5 Å². The lowest BCUT2D eigenvalue weighted by molar-refractivity contribution is -0.134. The molecule has 0 amide bonds. The zero-order valence-electron chi connectivity index (χ0n) is 17.3. The molecule has 0 spiro atoms. The van der Waals surface area contributed by atoms with E-state index in [2.05, 4.69) is 21.6 Å². The molecular weight excluding hydrogens is 372 g/mol. The van der Waals surface area contributed by atoms with Gasteiger partial charge in [-0.1, -0.05) is 50.7 Å². The van der Waals surface area contributed by atoms with Crippen LogP contribution in [0.3, 0.4) is 0 Å². The molecule has 0 bridgehead atoms. The normalized spacial score (nSPS) is 12.3. The Labute approximate surface area is 173 Å². The molecule has 1 aromatic rings. The lowest BCUT2D eigenvalue weighted by Crippen LogP contribution is -2.11. The largest absolute Gasteiger partial charge is 0.516 e. The quantitative estimate of drug-likeness (QED) is 0.181. The zero-order chi connectivity index (χ0) is 20.7. The summed E-state index contributed by atoms with van der Waals surface area (Å²) in [6.07, 6.45) is 13.6. The first-order chi connectivity index (χ1) is 14.2. The second-order valence-corrected chi connectivity index (χ2v) is 7.06. The number of rotatable bonds is 13. The van der Waals surface area contributed by atoms with Gasteiger partial charge in [-0.25, -0.2) is 9.59 Å². The molecule has 0 aromatic heterocycles. The third-order valence-corrected chi connectivity index (χ3v) is 4.72. The van der Waals surface area contributed by atoms with Gasteiger partial charge in [-0.05, 0) is 50.3 Å². The Hall–Kier alpha value is -2.50. The Morgan fingerprint density at radius 1 is 0.966 bits per heavy atom. The van der Waals surface area contributed by atoms with Crippen LogP contribution in [-0.2, 0) is 20.7 Å². The van der Waals surface area contributed by atoms with Crippen LogP contribution in [0.4, 0.5) is 4.79 Å².